The molecule has 70 heavy (non-hydrogen) atoms. The summed E-state index contributed by atoms with van der Waals surface area (Å²) in [5, 5.41) is 0. The number of hydrogen-bond acceptors (Lipinski definition) is 6. The number of hydrogen-bond donors (Lipinski definition) is 0. The van der Waals surface area contributed by atoms with Gasteiger partial charge in [-0.2, -0.15) is 0 Å². The molecule has 0 radical (unpaired) electrons. The number of rotatable bonds is 53. The highest BCUT2D eigenvalue weighted by Crippen LogP contribution is 2.16. The second-order valence-corrected chi connectivity index (χ2v) is 19.5. The standard InChI is InChI=1S/C64H110O6/c1-4-7-10-13-16-19-21-23-24-25-26-27-28-29-30-31-32-33-34-35-36-37-38-39-40-41-43-45-48-51-54-57-63(66)69-60-61(59-68-62(65)56-53-50-47-44-18-15-12-9-6-3)70-64(67)58-55-52-49-46-42-22-20-17-14-11-8-5-2/h7,10,16-17,19-20,23-24,26-27,29-30,32-33,61H,4-6,8-9,11-15,18,21-22,25,28,31,34-60H2,1-3H3/b10-7-,19-16-,20-17-,24-23-,27-26-,30-29-,33-32-. The van der Waals surface area contributed by atoms with Crippen molar-refractivity contribution in [3.8, 4) is 0 Å². The summed E-state index contributed by atoms with van der Waals surface area (Å²) in [7, 11) is 0. The molecule has 0 spiro atoms. The molecule has 0 heterocycles. The monoisotopic (exact) mass is 975 g/mol. The van der Waals surface area contributed by atoms with Crippen molar-refractivity contribution in [3.63, 3.8) is 0 Å². The quantitative estimate of drug-likeness (QED) is 0.0261. The molecule has 6 nitrogen and oxygen atoms in total. The minimum Gasteiger partial charge on any atom is -0.462 e. The van der Waals surface area contributed by atoms with E-state index in [1.807, 2.05) is 0 Å². The van der Waals surface area contributed by atoms with Crippen molar-refractivity contribution >= 4 is 17.9 Å². The van der Waals surface area contributed by atoms with E-state index in [0.29, 0.717) is 19.3 Å². The summed E-state index contributed by atoms with van der Waals surface area (Å²) < 4.78 is 16.8. The van der Waals surface area contributed by atoms with Crippen LogP contribution in [-0.2, 0) is 28.6 Å². The molecule has 0 bridgehead atoms. The van der Waals surface area contributed by atoms with E-state index in [-0.39, 0.29) is 31.1 Å². The Hall–Kier alpha value is -3.41. The first-order valence-electron chi connectivity index (χ1n) is 29.6. The van der Waals surface area contributed by atoms with Gasteiger partial charge in [-0.25, -0.2) is 0 Å². The van der Waals surface area contributed by atoms with Crippen LogP contribution in [0.4, 0.5) is 0 Å². The molecule has 0 saturated carbocycles. The Labute approximate surface area is 433 Å². The van der Waals surface area contributed by atoms with Gasteiger partial charge in [0.15, 0.2) is 6.10 Å². The first kappa shape index (κ1) is 66.6. The average molecular weight is 976 g/mol. The number of esters is 3. The van der Waals surface area contributed by atoms with E-state index in [0.717, 1.165) is 109 Å². The zero-order valence-corrected chi connectivity index (χ0v) is 46.0. The van der Waals surface area contributed by atoms with E-state index in [4.69, 9.17) is 14.2 Å². The minimum atomic E-state index is -0.777. The Kier molecular flexibility index (Phi) is 55.3. The largest absolute Gasteiger partial charge is 0.462 e. The Morgan fingerprint density at radius 3 is 0.914 bits per heavy atom. The lowest BCUT2D eigenvalue weighted by Gasteiger charge is -2.18. The molecule has 0 N–H and O–H groups in total. The lowest BCUT2D eigenvalue weighted by Crippen LogP contribution is -2.30. The van der Waals surface area contributed by atoms with Gasteiger partial charge in [-0.15, -0.1) is 0 Å². The van der Waals surface area contributed by atoms with Crippen LogP contribution in [-0.4, -0.2) is 37.2 Å². The summed E-state index contributed by atoms with van der Waals surface area (Å²) >= 11 is 0. The maximum Gasteiger partial charge on any atom is 0.306 e. The van der Waals surface area contributed by atoms with Crippen LogP contribution in [0.5, 0.6) is 0 Å². The molecule has 0 rings (SSSR count). The van der Waals surface area contributed by atoms with Crippen LogP contribution < -0.4 is 0 Å². The van der Waals surface area contributed by atoms with Gasteiger partial charge in [-0.3, -0.25) is 14.4 Å². The van der Waals surface area contributed by atoms with Gasteiger partial charge in [-0.1, -0.05) is 254 Å². The maximum atomic E-state index is 12.8. The van der Waals surface area contributed by atoms with Crippen molar-refractivity contribution in [1.82, 2.24) is 0 Å². The second kappa shape index (κ2) is 58.2. The van der Waals surface area contributed by atoms with Gasteiger partial charge in [0.1, 0.15) is 13.2 Å². The van der Waals surface area contributed by atoms with Gasteiger partial charge < -0.3 is 14.2 Å². The van der Waals surface area contributed by atoms with E-state index in [1.54, 1.807) is 0 Å². The molecule has 0 aliphatic rings. The zero-order chi connectivity index (χ0) is 50.7. The van der Waals surface area contributed by atoms with Crippen LogP contribution in [0.2, 0.25) is 0 Å². The highest BCUT2D eigenvalue weighted by molar-refractivity contribution is 5.71. The number of carbonyl (C=O) groups excluding carboxylic acids is 3. The van der Waals surface area contributed by atoms with E-state index >= 15 is 0 Å². The van der Waals surface area contributed by atoms with Crippen molar-refractivity contribution < 1.29 is 28.6 Å². The lowest BCUT2D eigenvalue weighted by atomic mass is 10.0. The van der Waals surface area contributed by atoms with Crippen LogP contribution in [0.3, 0.4) is 0 Å². The van der Waals surface area contributed by atoms with E-state index < -0.39 is 6.10 Å². The molecule has 6 heteroatoms. The first-order valence-corrected chi connectivity index (χ1v) is 29.6. The highest BCUT2D eigenvalue weighted by atomic mass is 16.6. The molecule has 0 aromatic heterocycles. The molecule has 0 aromatic rings. The predicted molar refractivity (Wildman–Crippen MR) is 302 cm³/mol. The van der Waals surface area contributed by atoms with Crippen molar-refractivity contribution in [2.45, 2.75) is 290 Å². The summed E-state index contributed by atoms with van der Waals surface area (Å²) in [6.07, 6.45) is 76.0. The van der Waals surface area contributed by atoms with Gasteiger partial charge in [-0.05, 0) is 96.3 Å². The number of ether oxygens (including phenoxy) is 3. The first-order chi connectivity index (χ1) is 34.5. The summed E-state index contributed by atoms with van der Waals surface area (Å²) in [6.45, 7) is 6.48. The second-order valence-electron chi connectivity index (χ2n) is 19.5. The molecular weight excluding hydrogens is 865 g/mol. The fraction of sp³-hybridized carbons (Fsp3) is 0.734. The van der Waals surface area contributed by atoms with Crippen molar-refractivity contribution in [2.75, 3.05) is 13.2 Å². The van der Waals surface area contributed by atoms with E-state index in [2.05, 4.69) is 106 Å². The fourth-order valence-corrected chi connectivity index (χ4v) is 8.21. The predicted octanol–water partition coefficient (Wildman–Crippen LogP) is 19.9. The molecule has 0 saturated heterocycles. The van der Waals surface area contributed by atoms with Crippen LogP contribution in [0.15, 0.2) is 85.1 Å². The van der Waals surface area contributed by atoms with E-state index in [1.165, 1.54) is 135 Å². The Bertz CT molecular complexity index is 1350. The summed E-state index contributed by atoms with van der Waals surface area (Å²) in [4.78, 5) is 38.0. The topological polar surface area (TPSA) is 78.9 Å². The molecule has 0 aliphatic heterocycles. The minimum absolute atomic E-state index is 0.0771. The van der Waals surface area contributed by atoms with Crippen molar-refractivity contribution in [3.05, 3.63) is 85.1 Å². The number of carbonyl (C=O) groups is 3. The number of allylic oxidation sites excluding steroid dienone is 14. The summed E-state index contributed by atoms with van der Waals surface area (Å²) in [5.74, 6) is -0.886. The van der Waals surface area contributed by atoms with Gasteiger partial charge in [0.05, 0.1) is 0 Å². The van der Waals surface area contributed by atoms with E-state index in [9.17, 15) is 14.4 Å². The SMILES string of the molecule is CC/C=C\C/C=C\C/C=C\C/C=C\C/C=C\C/C=C\CCCCCCCCCCCCCCC(=O)OCC(COC(=O)CCCCCCCCCCC)OC(=O)CCCCCCC/C=C\CCCCC. The third-order valence-electron chi connectivity index (χ3n) is 12.6. The normalized spacial score (nSPS) is 12.7. The van der Waals surface area contributed by atoms with Crippen LogP contribution in [0, 0.1) is 0 Å². The van der Waals surface area contributed by atoms with Crippen LogP contribution in [0.1, 0.15) is 284 Å². The van der Waals surface area contributed by atoms with Crippen LogP contribution in [0.25, 0.3) is 0 Å². The van der Waals surface area contributed by atoms with Gasteiger partial charge >= 0.3 is 17.9 Å². The lowest BCUT2D eigenvalue weighted by molar-refractivity contribution is -0.167. The van der Waals surface area contributed by atoms with Crippen molar-refractivity contribution in [2.24, 2.45) is 0 Å². The molecule has 0 aliphatic carbocycles. The fourth-order valence-electron chi connectivity index (χ4n) is 8.21. The Morgan fingerprint density at radius 2 is 0.557 bits per heavy atom. The third kappa shape index (κ3) is 55.5. The summed E-state index contributed by atoms with van der Waals surface area (Å²) in [5.41, 5.74) is 0. The molecule has 402 valence electrons. The van der Waals surface area contributed by atoms with Gasteiger partial charge in [0, 0.05) is 19.3 Å². The Balaban J connectivity index is 4.11. The van der Waals surface area contributed by atoms with Crippen LogP contribution >= 0.6 is 0 Å². The molecule has 0 fully saturated rings. The Morgan fingerprint density at radius 1 is 0.300 bits per heavy atom. The van der Waals surface area contributed by atoms with Gasteiger partial charge in [0.25, 0.3) is 0 Å². The highest BCUT2D eigenvalue weighted by Gasteiger charge is 2.19. The maximum absolute atomic E-state index is 12.8. The molecule has 0 aromatic carbocycles. The van der Waals surface area contributed by atoms with Gasteiger partial charge in [0.2, 0.25) is 0 Å². The molecule has 0 amide bonds. The molecule has 1 unspecified atom stereocenters. The average Bonchev–Trinajstić information content (AvgIpc) is 3.36. The molecule has 1 atom stereocenters. The zero-order valence-electron chi connectivity index (χ0n) is 46.0. The van der Waals surface area contributed by atoms with Crippen molar-refractivity contribution in [1.29, 1.82) is 0 Å². The third-order valence-corrected chi connectivity index (χ3v) is 12.6. The number of unbranched alkanes of at least 4 members (excludes halogenated alkanes) is 28. The summed E-state index contributed by atoms with van der Waals surface area (Å²) in [6, 6.07) is 0. The molecular formula is C64H110O6. The smallest absolute Gasteiger partial charge is 0.306 e.